The third kappa shape index (κ3) is 2.38. The number of halogens is 2. The average Bonchev–Trinajstić information content (AvgIpc) is 2.30. The molecule has 0 aromatic heterocycles. The molecule has 0 amide bonds. The third-order valence-corrected chi connectivity index (χ3v) is 3.07. The van der Waals surface area contributed by atoms with E-state index in [4.69, 9.17) is 28.9 Å². The SMILES string of the molecule is N[C@H](c1ccc(Cl)cc1)c1ccccc1Cl. The summed E-state index contributed by atoms with van der Waals surface area (Å²) in [5, 5.41) is 1.39. The molecule has 0 radical (unpaired) electrons. The van der Waals surface area contributed by atoms with Crippen LogP contribution in [-0.2, 0) is 0 Å². The Morgan fingerprint density at radius 3 is 2.12 bits per heavy atom. The van der Waals surface area contributed by atoms with Crippen molar-refractivity contribution in [3.8, 4) is 0 Å². The van der Waals surface area contributed by atoms with Gasteiger partial charge in [-0.05, 0) is 29.3 Å². The first-order chi connectivity index (χ1) is 7.68. The normalized spacial score (nSPS) is 12.4. The van der Waals surface area contributed by atoms with E-state index in [0.29, 0.717) is 10.0 Å². The molecule has 16 heavy (non-hydrogen) atoms. The summed E-state index contributed by atoms with van der Waals surface area (Å²) in [4.78, 5) is 0. The van der Waals surface area contributed by atoms with Crippen molar-refractivity contribution in [1.82, 2.24) is 0 Å². The standard InChI is InChI=1S/C13H11Cl2N/c14-10-7-5-9(6-8-10)13(16)11-3-1-2-4-12(11)15/h1-8,13H,16H2/t13-/m1/s1. The summed E-state index contributed by atoms with van der Waals surface area (Å²) in [6.45, 7) is 0. The van der Waals surface area contributed by atoms with Crippen LogP contribution in [-0.4, -0.2) is 0 Å². The minimum absolute atomic E-state index is 0.217. The first-order valence-electron chi connectivity index (χ1n) is 4.94. The van der Waals surface area contributed by atoms with Crippen LogP contribution in [0, 0.1) is 0 Å². The van der Waals surface area contributed by atoms with Crippen molar-refractivity contribution in [2.45, 2.75) is 6.04 Å². The van der Waals surface area contributed by atoms with E-state index in [2.05, 4.69) is 0 Å². The van der Waals surface area contributed by atoms with Crippen LogP contribution in [0.25, 0.3) is 0 Å². The highest BCUT2D eigenvalue weighted by atomic mass is 35.5. The predicted molar refractivity (Wildman–Crippen MR) is 68.9 cm³/mol. The Hall–Kier alpha value is -1.02. The molecule has 0 saturated heterocycles. The number of benzene rings is 2. The molecule has 1 nitrogen and oxygen atoms in total. The molecule has 0 spiro atoms. The van der Waals surface area contributed by atoms with Crippen molar-refractivity contribution in [2.24, 2.45) is 5.73 Å². The van der Waals surface area contributed by atoms with Crippen LogP contribution in [0.5, 0.6) is 0 Å². The molecule has 0 unspecified atom stereocenters. The van der Waals surface area contributed by atoms with Crippen LogP contribution in [0.3, 0.4) is 0 Å². The van der Waals surface area contributed by atoms with Crippen LogP contribution in [0.4, 0.5) is 0 Å². The lowest BCUT2D eigenvalue weighted by Gasteiger charge is -2.14. The van der Waals surface area contributed by atoms with Gasteiger partial charge in [0.2, 0.25) is 0 Å². The van der Waals surface area contributed by atoms with Crippen LogP contribution in [0.1, 0.15) is 17.2 Å². The molecule has 2 N–H and O–H groups in total. The molecular weight excluding hydrogens is 241 g/mol. The summed E-state index contributed by atoms with van der Waals surface area (Å²) in [6.07, 6.45) is 0. The summed E-state index contributed by atoms with van der Waals surface area (Å²) in [6, 6.07) is 14.9. The molecular formula is C13H11Cl2N. The Morgan fingerprint density at radius 2 is 1.50 bits per heavy atom. The molecule has 0 bridgehead atoms. The monoisotopic (exact) mass is 251 g/mol. The second kappa shape index (κ2) is 4.88. The molecule has 0 aliphatic carbocycles. The Morgan fingerprint density at radius 1 is 0.875 bits per heavy atom. The zero-order chi connectivity index (χ0) is 11.5. The fraction of sp³-hybridized carbons (Fsp3) is 0.0769. The second-order valence-electron chi connectivity index (χ2n) is 3.55. The Balaban J connectivity index is 2.35. The molecule has 0 saturated carbocycles. The van der Waals surface area contributed by atoms with Crippen molar-refractivity contribution < 1.29 is 0 Å². The van der Waals surface area contributed by atoms with Gasteiger partial charge in [0.25, 0.3) is 0 Å². The van der Waals surface area contributed by atoms with Gasteiger partial charge in [0.05, 0.1) is 6.04 Å². The summed E-state index contributed by atoms with van der Waals surface area (Å²) in [5.74, 6) is 0. The van der Waals surface area contributed by atoms with E-state index in [1.165, 1.54) is 0 Å². The number of hydrogen-bond acceptors (Lipinski definition) is 1. The fourth-order valence-electron chi connectivity index (χ4n) is 1.58. The molecule has 0 heterocycles. The van der Waals surface area contributed by atoms with E-state index in [9.17, 15) is 0 Å². The number of hydrogen-bond donors (Lipinski definition) is 1. The maximum absolute atomic E-state index is 6.14. The zero-order valence-electron chi connectivity index (χ0n) is 8.53. The van der Waals surface area contributed by atoms with E-state index in [1.54, 1.807) is 0 Å². The second-order valence-corrected chi connectivity index (χ2v) is 4.39. The van der Waals surface area contributed by atoms with Crippen LogP contribution >= 0.6 is 23.2 Å². The average molecular weight is 252 g/mol. The molecule has 3 heteroatoms. The van der Waals surface area contributed by atoms with Crippen LogP contribution in [0.15, 0.2) is 48.5 Å². The molecule has 1 atom stereocenters. The summed E-state index contributed by atoms with van der Waals surface area (Å²) in [5.41, 5.74) is 8.06. The molecule has 0 aliphatic heterocycles. The van der Waals surface area contributed by atoms with Gasteiger partial charge in [0.15, 0.2) is 0 Å². The van der Waals surface area contributed by atoms with Crippen molar-refractivity contribution in [1.29, 1.82) is 0 Å². The van der Waals surface area contributed by atoms with Crippen LogP contribution in [0.2, 0.25) is 10.0 Å². The lowest BCUT2D eigenvalue weighted by atomic mass is 10.00. The number of nitrogens with two attached hydrogens (primary N) is 1. The van der Waals surface area contributed by atoms with Gasteiger partial charge in [-0.1, -0.05) is 53.5 Å². The highest BCUT2D eigenvalue weighted by Crippen LogP contribution is 2.26. The first-order valence-corrected chi connectivity index (χ1v) is 5.69. The molecule has 2 rings (SSSR count). The van der Waals surface area contributed by atoms with E-state index in [1.807, 2.05) is 48.5 Å². The summed E-state index contributed by atoms with van der Waals surface area (Å²) in [7, 11) is 0. The summed E-state index contributed by atoms with van der Waals surface area (Å²) < 4.78 is 0. The van der Waals surface area contributed by atoms with Gasteiger partial charge in [-0.15, -0.1) is 0 Å². The Kier molecular flexibility index (Phi) is 3.49. The zero-order valence-corrected chi connectivity index (χ0v) is 10.0. The lowest BCUT2D eigenvalue weighted by molar-refractivity contribution is 0.872. The van der Waals surface area contributed by atoms with Gasteiger partial charge >= 0.3 is 0 Å². The highest BCUT2D eigenvalue weighted by molar-refractivity contribution is 6.31. The quantitative estimate of drug-likeness (QED) is 0.857. The van der Waals surface area contributed by atoms with Gasteiger partial charge in [0.1, 0.15) is 0 Å². The van der Waals surface area contributed by atoms with Crippen molar-refractivity contribution in [3.63, 3.8) is 0 Å². The van der Waals surface area contributed by atoms with E-state index >= 15 is 0 Å². The first kappa shape index (κ1) is 11.5. The maximum Gasteiger partial charge on any atom is 0.0566 e. The summed E-state index contributed by atoms with van der Waals surface area (Å²) >= 11 is 11.9. The van der Waals surface area contributed by atoms with Gasteiger partial charge < -0.3 is 5.73 Å². The van der Waals surface area contributed by atoms with E-state index < -0.39 is 0 Å². The minimum atomic E-state index is -0.217. The van der Waals surface area contributed by atoms with E-state index in [0.717, 1.165) is 11.1 Å². The van der Waals surface area contributed by atoms with Crippen molar-refractivity contribution in [3.05, 3.63) is 69.7 Å². The smallest absolute Gasteiger partial charge is 0.0566 e. The lowest BCUT2D eigenvalue weighted by Crippen LogP contribution is -2.12. The van der Waals surface area contributed by atoms with Gasteiger partial charge in [-0.3, -0.25) is 0 Å². The fourth-order valence-corrected chi connectivity index (χ4v) is 1.96. The van der Waals surface area contributed by atoms with Gasteiger partial charge in [-0.2, -0.15) is 0 Å². The van der Waals surface area contributed by atoms with Gasteiger partial charge in [0, 0.05) is 10.0 Å². The van der Waals surface area contributed by atoms with Crippen molar-refractivity contribution in [2.75, 3.05) is 0 Å². The highest BCUT2D eigenvalue weighted by Gasteiger charge is 2.11. The largest absolute Gasteiger partial charge is 0.320 e. The molecule has 2 aromatic carbocycles. The molecule has 82 valence electrons. The van der Waals surface area contributed by atoms with Crippen molar-refractivity contribution >= 4 is 23.2 Å². The molecule has 0 aliphatic rings. The van der Waals surface area contributed by atoms with Gasteiger partial charge in [-0.25, -0.2) is 0 Å². The molecule has 0 fully saturated rings. The van der Waals surface area contributed by atoms with E-state index in [-0.39, 0.29) is 6.04 Å². The Labute approximate surface area is 105 Å². The predicted octanol–water partition coefficient (Wildman–Crippen LogP) is 4.04. The molecule has 2 aromatic rings. The van der Waals surface area contributed by atoms with Crippen LogP contribution < -0.4 is 5.73 Å². The topological polar surface area (TPSA) is 26.0 Å². The third-order valence-electron chi connectivity index (χ3n) is 2.47. The Bertz CT molecular complexity index is 480. The maximum atomic E-state index is 6.14. The number of rotatable bonds is 2. The minimum Gasteiger partial charge on any atom is -0.320 e.